The van der Waals surface area contributed by atoms with E-state index in [-0.39, 0.29) is 11.9 Å². The van der Waals surface area contributed by atoms with Gasteiger partial charge in [0.2, 0.25) is 5.65 Å². The molecule has 0 unspecified atom stereocenters. The molecule has 0 aliphatic heterocycles. The zero-order valence-electron chi connectivity index (χ0n) is 11.9. The molecule has 3 N–H and O–H groups in total. The third-order valence-corrected chi connectivity index (χ3v) is 3.11. The van der Waals surface area contributed by atoms with Crippen LogP contribution in [0, 0.1) is 6.92 Å². The molecule has 0 bridgehead atoms. The highest BCUT2D eigenvalue weighted by molar-refractivity contribution is 5.80. The number of oxime groups is 1. The fourth-order valence-electron chi connectivity index (χ4n) is 2.02. The minimum absolute atomic E-state index is 0.195. The van der Waals surface area contributed by atoms with Crippen molar-refractivity contribution in [1.29, 1.82) is 0 Å². The number of anilines is 1. The molecule has 20 heavy (non-hydrogen) atoms. The van der Waals surface area contributed by atoms with E-state index in [9.17, 15) is 0 Å². The van der Waals surface area contributed by atoms with Crippen molar-refractivity contribution in [1.82, 2.24) is 19.6 Å². The van der Waals surface area contributed by atoms with Crippen molar-refractivity contribution >= 4 is 17.3 Å². The maximum Gasteiger partial charge on any atom is 0.203 e. The average Bonchev–Trinajstić information content (AvgIpc) is 2.81. The Morgan fingerprint density at radius 3 is 2.90 bits per heavy atom. The molecular weight excluding hydrogens is 258 g/mol. The highest BCUT2D eigenvalue weighted by Gasteiger charge is 2.18. The highest BCUT2D eigenvalue weighted by Crippen LogP contribution is 2.20. The zero-order chi connectivity index (χ0) is 14.7. The van der Waals surface area contributed by atoms with E-state index in [0.29, 0.717) is 18.6 Å². The molecule has 2 rings (SSSR count). The molecule has 0 fully saturated rings. The van der Waals surface area contributed by atoms with Gasteiger partial charge < -0.3 is 15.8 Å². The first-order valence-corrected chi connectivity index (χ1v) is 6.44. The molecule has 2 aromatic rings. The molecule has 2 aromatic heterocycles. The average molecular weight is 277 g/mol. The summed E-state index contributed by atoms with van der Waals surface area (Å²) >= 11 is 0. The van der Waals surface area contributed by atoms with Crippen molar-refractivity contribution < 1.29 is 5.21 Å². The van der Waals surface area contributed by atoms with Crippen LogP contribution in [-0.4, -0.2) is 43.2 Å². The monoisotopic (exact) mass is 277 g/mol. The molecule has 8 heteroatoms. The SMILES string of the molecule is Cc1nnc2c(N(CCC(N)=NO)C(C)C)nccn12. The number of amidine groups is 1. The first kappa shape index (κ1) is 14.0. The summed E-state index contributed by atoms with van der Waals surface area (Å²) in [5.41, 5.74) is 6.24. The number of nitrogens with two attached hydrogens (primary N) is 1. The molecule has 2 heterocycles. The van der Waals surface area contributed by atoms with E-state index in [1.54, 1.807) is 6.20 Å². The van der Waals surface area contributed by atoms with Crippen molar-refractivity contribution in [2.45, 2.75) is 33.2 Å². The topological polar surface area (TPSA) is 105 Å². The van der Waals surface area contributed by atoms with Crippen molar-refractivity contribution in [3.63, 3.8) is 0 Å². The van der Waals surface area contributed by atoms with Crippen LogP contribution in [0.1, 0.15) is 26.1 Å². The maximum absolute atomic E-state index is 8.63. The summed E-state index contributed by atoms with van der Waals surface area (Å²) in [4.78, 5) is 6.46. The van der Waals surface area contributed by atoms with E-state index in [4.69, 9.17) is 10.9 Å². The second-order valence-electron chi connectivity index (χ2n) is 4.82. The number of aromatic nitrogens is 4. The molecule has 0 radical (unpaired) electrons. The fourth-order valence-corrected chi connectivity index (χ4v) is 2.02. The number of rotatable bonds is 5. The van der Waals surface area contributed by atoms with Gasteiger partial charge in [-0.2, -0.15) is 0 Å². The summed E-state index contributed by atoms with van der Waals surface area (Å²) in [6, 6.07) is 0.206. The molecule has 8 nitrogen and oxygen atoms in total. The number of fused-ring (bicyclic) bond motifs is 1. The van der Waals surface area contributed by atoms with E-state index in [1.807, 2.05) is 17.5 Å². The van der Waals surface area contributed by atoms with Crippen LogP contribution in [0.5, 0.6) is 0 Å². The van der Waals surface area contributed by atoms with Gasteiger partial charge in [-0.3, -0.25) is 4.40 Å². The predicted octanol–water partition coefficient (Wildman–Crippen LogP) is 0.784. The van der Waals surface area contributed by atoms with Gasteiger partial charge in [0.25, 0.3) is 0 Å². The van der Waals surface area contributed by atoms with Crippen LogP contribution in [0.25, 0.3) is 5.65 Å². The number of hydrogen-bond donors (Lipinski definition) is 2. The zero-order valence-corrected chi connectivity index (χ0v) is 11.9. The summed E-state index contributed by atoms with van der Waals surface area (Å²) < 4.78 is 1.89. The first-order chi connectivity index (χ1) is 9.54. The molecule has 0 aromatic carbocycles. The van der Waals surface area contributed by atoms with Gasteiger partial charge in [-0.25, -0.2) is 4.98 Å². The Bertz CT molecular complexity index is 619. The lowest BCUT2D eigenvalue weighted by Crippen LogP contribution is -2.35. The molecule has 0 saturated heterocycles. The molecular formula is C12H19N7O. The Balaban J connectivity index is 2.36. The van der Waals surface area contributed by atoms with Crippen LogP contribution in [0.15, 0.2) is 17.5 Å². The second-order valence-corrected chi connectivity index (χ2v) is 4.82. The summed E-state index contributed by atoms with van der Waals surface area (Å²) in [5.74, 6) is 1.75. The third kappa shape index (κ3) is 2.63. The lowest BCUT2D eigenvalue weighted by atomic mass is 10.2. The van der Waals surface area contributed by atoms with Gasteiger partial charge in [0.1, 0.15) is 11.7 Å². The molecule has 0 amide bonds. The number of hydrogen-bond acceptors (Lipinski definition) is 6. The lowest BCUT2D eigenvalue weighted by molar-refractivity contribution is 0.317. The van der Waals surface area contributed by atoms with Gasteiger partial charge in [0, 0.05) is 31.4 Å². The molecule has 108 valence electrons. The standard InChI is InChI=1S/C12H19N7O/c1-8(2)18(6-4-10(13)17-20)11-12-16-15-9(3)19(12)7-5-14-11/h5,7-8,20H,4,6H2,1-3H3,(H2,13,17). The van der Waals surface area contributed by atoms with Crippen LogP contribution < -0.4 is 10.6 Å². The van der Waals surface area contributed by atoms with Crippen LogP contribution in [0.4, 0.5) is 5.82 Å². The summed E-state index contributed by atoms with van der Waals surface area (Å²) in [7, 11) is 0. The van der Waals surface area contributed by atoms with Crippen molar-refractivity contribution in [2.24, 2.45) is 10.9 Å². The molecule has 0 saturated carbocycles. The highest BCUT2D eigenvalue weighted by atomic mass is 16.4. The van der Waals surface area contributed by atoms with Crippen LogP contribution in [-0.2, 0) is 0 Å². The van der Waals surface area contributed by atoms with Gasteiger partial charge in [-0.05, 0) is 20.8 Å². The van der Waals surface area contributed by atoms with Gasteiger partial charge in [0.15, 0.2) is 5.82 Å². The van der Waals surface area contributed by atoms with Crippen molar-refractivity contribution in [3.8, 4) is 0 Å². The van der Waals surface area contributed by atoms with Crippen LogP contribution >= 0.6 is 0 Å². The summed E-state index contributed by atoms with van der Waals surface area (Å²) in [6.07, 6.45) is 4.00. The lowest BCUT2D eigenvalue weighted by Gasteiger charge is -2.27. The van der Waals surface area contributed by atoms with Gasteiger partial charge in [0.05, 0.1) is 0 Å². The van der Waals surface area contributed by atoms with Gasteiger partial charge in [-0.15, -0.1) is 10.2 Å². The molecule has 0 aliphatic carbocycles. The Kier molecular flexibility index (Phi) is 4.02. The molecule has 0 atom stereocenters. The maximum atomic E-state index is 8.63. The fraction of sp³-hybridized carbons (Fsp3) is 0.500. The third-order valence-electron chi connectivity index (χ3n) is 3.11. The van der Waals surface area contributed by atoms with E-state index in [2.05, 4.69) is 39.1 Å². The van der Waals surface area contributed by atoms with Gasteiger partial charge >= 0.3 is 0 Å². The first-order valence-electron chi connectivity index (χ1n) is 6.44. The predicted molar refractivity (Wildman–Crippen MR) is 76.0 cm³/mol. The number of aryl methyl sites for hydroxylation is 1. The Morgan fingerprint density at radius 1 is 1.50 bits per heavy atom. The van der Waals surface area contributed by atoms with E-state index in [0.717, 1.165) is 11.6 Å². The van der Waals surface area contributed by atoms with E-state index >= 15 is 0 Å². The van der Waals surface area contributed by atoms with Crippen LogP contribution in [0.2, 0.25) is 0 Å². The quantitative estimate of drug-likeness (QED) is 0.362. The molecule has 0 spiro atoms. The normalized spacial score (nSPS) is 12.3. The Morgan fingerprint density at radius 2 is 2.25 bits per heavy atom. The molecule has 0 aliphatic rings. The van der Waals surface area contributed by atoms with Crippen molar-refractivity contribution in [2.75, 3.05) is 11.4 Å². The largest absolute Gasteiger partial charge is 0.409 e. The van der Waals surface area contributed by atoms with Crippen LogP contribution in [0.3, 0.4) is 0 Å². The minimum atomic E-state index is 0.195. The van der Waals surface area contributed by atoms with Crippen molar-refractivity contribution in [3.05, 3.63) is 18.2 Å². The van der Waals surface area contributed by atoms with Gasteiger partial charge in [-0.1, -0.05) is 5.16 Å². The smallest absolute Gasteiger partial charge is 0.203 e. The summed E-state index contributed by atoms with van der Waals surface area (Å²) in [6.45, 7) is 6.59. The van der Waals surface area contributed by atoms with E-state index < -0.39 is 0 Å². The Labute approximate surface area is 116 Å². The summed E-state index contributed by atoms with van der Waals surface area (Å²) in [5, 5.41) is 19.9. The minimum Gasteiger partial charge on any atom is -0.409 e. The Hall–Kier alpha value is -2.38. The second kappa shape index (κ2) is 5.72. The number of nitrogens with zero attached hydrogens (tertiary/aromatic N) is 6. The van der Waals surface area contributed by atoms with E-state index in [1.165, 1.54) is 0 Å².